The molecule has 0 bridgehead atoms. The van der Waals surface area contributed by atoms with Crippen molar-refractivity contribution in [2.45, 2.75) is 0 Å². The molecule has 110 valence electrons. The molecule has 1 heterocycles. The number of aliphatic carboxylic acids is 2. The van der Waals surface area contributed by atoms with Crippen LogP contribution in [0.4, 0.5) is 5.69 Å². The second kappa shape index (κ2) is 7.49. The number of carboxylic acids is 2. The van der Waals surface area contributed by atoms with E-state index in [1.165, 1.54) is 0 Å². The molecule has 1 aromatic carbocycles. The summed E-state index contributed by atoms with van der Waals surface area (Å²) in [5, 5.41) is 16.6. The number of ether oxygens (including phenoxy) is 1. The quantitative estimate of drug-likeness (QED) is 0.732. The van der Waals surface area contributed by atoms with Crippen LogP contribution < -0.4 is 10.5 Å². The number of hydrogen-bond acceptors (Lipinski definition) is 5. The number of nitrogens with two attached hydrogens (primary N) is 1. The Labute approximate surface area is 120 Å². The molecule has 2 aromatic rings. The fourth-order valence-corrected chi connectivity index (χ4v) is 1.42. The van der Waals surface area contributed by atoms with Gasteiger partial charge >= 0.3 is 11.9 Å². The van der Waals surface area contributed by atoms with Gasteiger partial charge in [-0.15, -0.1) is 0 Å². The predicted molar refractivity (Wildman–Crippen MR) is 77.1 cm³/mol. The van der Waals surface area contributed by atoms with Gasteiger partial charge in [0.25, 0.3) is 0 Å². The van der Waals surface area contributed by atoms with E-state index in [0.717, 1.165) is 22.3 Å². The number of methoxy groups -OCH3 is 1. The van der Waals surface area contributed by atoms with E-state index in [-0.39, 0.29) is 0 Å². The van der Waals surface area contributed by atoms with E-state index in [9.17, 15) is 9.59 Å². The Hall–Kier alpha value is -3.09. The van der Waals surface area contributed by atoms with Crippen LogP contribution in [0.2, 0.25) is 0 Å². The maximum atomic E-state index is 9.55. The second-order valence-electron chi connectivity index (χ2n) is 3.79. The number of carbonyl (C=O) groups is 2. The third-order valence-corrected chi connectivity index (χ3v) is 2.35. The highest BCUT2D eigenvalue weighted by atomic mass is 16.5. The van der Waals surface area contributed by atoms with Gasteiger partial charge in [0.05, 0.1) is 12.6 Å². The monoisotopic (exact) mass is 290 g/mol. The Morgan fingerprint density at radius 1 is 1.19 bits per heavy atom. The number of benzene rings is 1. The normalized spacial score (nSPS) is 9.95. The Bertz CT molecular complexity index is 666. The highest BCUT2D eigenvalue weighted by Crippen LogP contribution is 2.23. The Kier molecular flexibility index (Phi) is 5.69. The molecule has 7 nitrogen and oxygen atoms in total. The van der Waals surface area contributed by atoms with Crippen molar-refractivity contribution in [3.63, 3.8) is 0 Å². The summed E-state index contributed by atoms with van der Waals surface area (Å²) >= 11 is 0. The smallest absolute Gasteiger partial charge is 0.328 e. The summed E-state index contributed by atoms with van der Waals surface area (Å²) in [6.07, 6.45) is 2.81. The van der Waals surface area contributed by atoms with Crippen molar-refractivity contribution in [3.05, 3.63) is 42.6 Å². The molecular formula is C14H14N2O5. The standard InChI is InChI=1S/C10H10N2O.C4H4O4/c1-13-7-2-3-10-8(6-7)9(11)4-5-12-10;5-3(6)1-2-4(7)8/h2-6H,1H3,(H2,11,12);1-2H,(H,5,6)(H,7,8)/b;2-1+. The van der Waals surface area contributed by atoms with Crippen LogP contribution in [0, 0.1) is 0 Å². The lowest BCUT2D eigenvalue weighted by molar-refractivity contribution is -0.134. The number of nitrogens with zero attached hydrogens (tertiary/aromatic N) is 1. The van der Waals surface area contributed by atoms with E-state index in [4.69, 9.17) is 20.7 Å². The minimum Gasteiger partial charge on any atom is -0.497 e. The average Bonchev–Trinajstić information content (AvgIpc) is 2.46. The lowest BCUT2D eigenvalue weighted by atomic mass is 10.2. The molecule has 0 fully saturated rings. The average molecular weight is 290 g/mol. The Balaban J connectivity index is 0.000000240. The van der Waals surface area contributed by atoms with E-state index >= 15 is 0 Å². The Morgan fingerprint density at radius 3 is 2.33 bits per heavy atom. The highest BCUT2D eigenvalue weighted by Gasteiger charge is 1.99. The van der Waals surface area contributed by atoms with Crippen molar-refractivity contribution >= 4 is 28.5 Å². The number of carboxylic acid groups (broad SMARTS) is 2. The lowest BCUT2D eigenvalue weighted by Gasteiger charge is -2.03. The first kappa shape index (κ1) is 16.0. The summed E-state index contributed by atoms with van der Waals surface area (Å²) in [5.41, 5.74) is 7.40. The van der Waals surface area contributed by atoms with Crippen LogP contribution in [0.15, 0.2) is 42.6 Å². The third kappa shape index (κ3) is 5.19. The molecule has 0 saturated heterocycles. The van der Waals surface area contributed by atoms with Gasteiger partial charge in [0.2, 0.25) is 0 Å². The number of hydrogen-bond donors (Lipinski definition) is 3. The van der Waals surface area contributed by atoms with E-state index < -0.39 is 11.9 Å². The molecule has 0 aliphatic carbocycles. The zero-order chi connectivity index (χ0) is 15.8. The van der Waals surface area contributed by atoms with Crippen molar-refractivity contribution in [1.29, 1.82) is 0 Å². The molecule has 4 N–H and O–H groups in total. The first-order valence-corrected chi connectivity index (χ1v) is 5.76. The minimum atomic E-state index is -1.26. The van der Waals surface area contributed by atoms with Crippen LogP contribution in [-0.4, -0.2) is 34.2 Å². The zero-order valence-electron chi connectivity index (χ0n) is 11.2. The SMILES string of the molecule is COc1ccc2nccc(N)c2c1.O=C(O)/C=C/C(=O)O. The number of fused-ring (bicyclic) bond motifs is 1. The highest BCUT2D eigenvalue weighted by molar-refractivity contribution is 5.91. The molecule has 0 spiro atoms. The van der Waals surface area contributed by atoms with Crippen molar-refractivity contribution in [2.75, 3.05) is 12.8 Å². The van der Waals surface area contributed by atoms with Gasteiger partial charge in [-0.05, 0) is 24.3 Å². The molecule has 0 saturated carbocycles. The summed E-state index contributed by atoms with van der Waals surface area (Å²) < 4.78 is 5.09. The van der Waals surface area contributed by atoms with Gasteiger partial charge in [0.15, 0.2) is 0 Å². The summed E-state index contributed by atoms with van der Waals surface area (Å²) in [7, 11) is 1.63. The van der Waals surface area contributed by atoms with Gasteiger partial charge in [0.1, 0.15) is 5.75 Å². The van der Waals surface area contributed by atoms with Gasteiger partial charge in [-0.3, -0.25) is 4.98 Å². The van der Waals surface area contributed by atoms with Gasteiger partial charge < -0.3 is 20.7 Å². The molecule has 0 amide bonds. The van der Waals surface area contributed by atoms with E-state index in [1.807, 2.05) is 18.2 Å². The molecule has 1 aromatic heterocycles. The maximum absolute atomic E-state index is 9.55. The van der Waals surface area contributed by atoms with Crippen LogP contribution >= 0.6 is 0 Å². The van der Waals surface area contributed by atoms with Crippen molar-refractivity contribution in [2.24, 2.45) is 0 Å². The second-order valence-corrected chi connectivity index (χ2v) is 3.79. The predicted octanol–water partition coefficient (Wildman–Crippen LogP) is 1.54. The largest absolute Gasteiger partial charge is 0.497 e. The summed E-state index contributed by atoms with van der Waals surface area (Å²) in [5.74, 6) is -1.72. The van der Waals surface area contributed by atoms with Gasteiger partial charge in [-0.1, -0.05) is 0 Å². The van der Waals surface area contributed by atoms with Crippen molar-refractivity contribution in [3.8, 4) is 5.75 Å². The number of pyridine rings is 1. The topological polar surface area (TPSA) is 123 Å². The lowest BCUT2D eigenvalue weighted by Crippen LogP contribution is -1.91. The van der Waals surface area contributed by atoms with Crippen molar-refractivity contribution in [1.82, 2.24) is 4.98 Å². The summed E-state index contributed by atoms with van der Waals surface area (Å²) in [6, 6.07) is 7.43. The molecule has 0 unspecified atom stereocenters. The van der Waals surface area contributed by atoms with Gasteiger partial charge in [-0.2, -0.15) is 0 Å². The molecular weight excluding hydrogens is 276 g/mol. The fraction of sp³-hybridized carbons (Fsp3) is 0.0714. The van der Waals surface area contributed by atoms with Gasteiger partial charge in [0, 0.05) is 29.4 Å². The number of rotatable bonds is 3. The van der Waals surface area contributed by atoms with Crippen LogP contribution in [-0.2, 0) is 9.59 Å². The minimum absolute atomic E-state index is 0.558. The third-order valence-electron chi connectivity index (χ3n) is 2.35. The molecule has 21 heavy (non-hydrogen) atoms. The Morgan fingerprint density at radius 2 is 1.81 bits per heavy atom. The van der Waals surface area contributed by atoms with E-state index in [0.29, 0.717) is 12.2 Å². The number of nitrogen functional groups attached to an aromatic ring is 1. The van der Waals surface area contributed by atoms with Crippen molar-refractivity contribution < 1.29 is 24.5 Å². The molecule has 0 aliphatic rings. The van der Waals surface area contributed by atoms with Crippen LogP contribution in [0.25, 0.3) is 10.9 Å². The molecule has 0 aliphatic heterocycles. The fourth-order valence-electron chi connectivity index (χ4n) is 1.42. The zero-order valence-corrected chi connectivity index (χ0v) is 11.2. The number of anilines is 1. The first-order chi connectivity index (χ1) is 9.93. The maximum Gasteiger partial charge on any atom is 0.328 e. The van der Waals surface area contributed by atoms with Crippen LogP contribution in [0.1, 0.15) is 0 Å². The molecule has 2 rings (SSSR count). The molecule has 7 heteroatoms. The van der Waals surface area contributed by atoms with Gasteiger partial charge in [-0.25, -0.2) is 9.59 Å². The van der Waals surface area contributed by atoms with E-state index in [2.05, 4.69) is 4.98 Å². The molecule has 0 radical (unpaired) electrons. The summed E-state index contributed by atoms with van der Waals surface area (Å²) in [6.45, 7) is 0. The van der Waals surface area contributed by atoms with Crippen LogP contribution in [0.3, 0.4) is 0 Å². The van der Waals surface area contributed by atoms with Crippen LogP contribution in [0.5, 0.6) is 5.75 Å². The number of aromatic nitrogens is 1. The first-order valence-electron chi connectivity index (χ1n) is 5.76. The molecule has 0 atom stereocenters. The van der Waals surface area contributed by atoms with E-state index in [1.54, 1.807) is 19.4 Å². The summed E-state index contributed by atoms with van der Waals surface area (Å²) in [4.78, 5) is 23.3.